The van der Waals surface area contributed by atoms with Crippen LogP contribution in [0.15, 0.2) is 40.0 Å². The molecule has 0 radical (unpaired) electrons. The standard InChI is InChI=1S/C20H29N3O2S/c1-4-21-20(23-14-17-10-12-26-15-17)22-11-6-7-16-8-9-18(24-3)19(13-16)25-5-2/h8-10,12-13,15H,4-7,11,14H2,1-3H3,(H2,21,22,23). The number of rotatable bonds is 10. The fourth-order valence-electron chi connectivity index (χ4n) is 2.54. The van der Waals surface area contributed by atoms with E-state index in [0.29, 0.717) is 13.2 Å². The van der Waals surface area contributed by atoms with Crippen molar-refractivity contribution in [3.63, 3.8) is 0 Å². The van der Waals surface area contributed by atoms with Gasteiger partial charge in [0.05, 0.1) is 20.3 Å². The lowest BCUT2D eigenvalue weighted by Crippen LogP contribution is -2.37. The molecule has 0 fully saturated rings. The van der Waals surface area contributed by atoms with Gasteiger partial charge < -0.3 is 20.1 Å². The highest BCUT2D eigenvalue weighted by Gasteiger charge is 2.05. The molecule has 2 N–H and O–H groups in total. The van der Waals surface area contributed by atoms with Crippen LogP contribution in [0.5, 0.6) is 11.5 Å². The normalized spacial score (nSPS) is 11.3. The summed E-state index contributed by atoms with van der Waals surface area (Å²) in [5.74, 6) is 2.46. The summed E-state index contributed by atoms with van der Waals surface area (Å²) >= 11 is 1.70. The van der Waals surface area contributed by atoms with Crippen molar-refractivity contribution in [2.75, 3.05) is 26.8 Å². The number of aryl methyl sites for hydroxylation is 1. The second kappa shape index (κ2) is 11.4. The fraction of sp³-hybridized carbons (Fsp3) is 0.450. The monoisotopic (exact) mass is 375 g/mol. The SMILES string of the molecule is CCNC(=NCc1ccsc1)NCCCc1ccc(OC)c(OCC)c1. The second-order valence-electron chi connectivity index (χ2n) is 5.78. The van der Waals surface area contributed by atoms with Gasteiger partial charge in [-0.2, -0.15) is 11.3 Å². The smallest absolute Gasteiger partial charge is 0.191 e. The zero-order chi connectivity index (χ0) is 18.6. The quantitative estimate of drug-likeness (QED) is 0.376. The van der Waals surface area contributed by atoms with E-state index in [4.69, 9.17) is 9.47 Å². The molecule has 0 amide bonds. The van der Waals surface area contributed by atoms with Crippen molar-refractivity contribution in [1.82, 2.24) is 10.6 Å². The largest absolute Gasteiger partial charge is 0.493 e. The first-order valence-electron chi connectivity index (χ1n) is 9.09. The van der Waals surface area contributed by atoms with Crippen LogP contribution in [0.1, 0.15) is 31.4 Å². The van der Waals surface area contributed by atoms with Crippen molar-refractivity contribution in [1.29, 1.82) is 0 Å². The molecule has 2 aromatic rings. The third-order valence-electron chi connectivity index (χ3n) is 3.81. The van der Waals surface area contributed by atoms with Crippen molar-refractivity contribution in [3.05, 3.63) is 46.2 Å². The van der Waals surface area contributed by atoms with Crippen molar-refractivity contribution in [2.45, 2.75) is 33.2 Å². The number of benzene rings is 1. The molecule has 0 aliphatic rings. The van der Waals surface area contributed by atoms with Crippen LogP contribution in [-0.2, 0) is 13.0 Å². The summed E-state index contributed by atoms with van der Waals surface area (Å²) in [6.45, 7) is 7.11. The maximum atomic E-state index is 5.64. The van der Waals surface area contributed by atoms with Gasteiger partial charge in [-0.05, 0) is 66.8 Å². The first kappa shape index (κ1) is 20.1. The summed E-state index contributed by atoms with van der Waals surface area (Å²) in [6.07, 6.45) is 1.99. The molecule has 0 atom stereocenters. The molecule has 6 heteroatoms. The van der Waals surface area contributed by atoms with Crippen LogP contribution in [0.25, 0.3) is 0 Å². The number of nitrogens with zero attached hydrogens (tertiary/aromatic N) is 1. The van der Waals surface area contributed by atoms with Crippen LogP contribution in [0, 0.1) is 0 Å². The predicted molar refractivity (Wildman–Crippen MR) is 110 cm³/mol. The molecule has 2 rings (SSSR count). The highest BCUT2D eigenvalue weighted by molar-refractivity contribution is 7.07. The van der Waals surface area contributed by atoms with Crippen LogP contribution < -0.4 is 20.1 Å². The molecule has 26 heavy (non-hydrogen) atoms. The number of nitrogens with one attached hydrogen (secondary N) is 2. The maximum Gasteiger partial charge on any atom is 0.191 e. The summed E-state index contributed by atoms with van der Waals surface area (Å²) < 4.78 is 11.0. The first-order chi connectivity index (χ1) is 12.8. The van der Waals surface area contributed by atoms with E-state index in [0.717, 1.165) is 43.4 Å². The number of aliphatic imine (C=N–C) groups is 1. The summed E-state index contributed by atoms with van der Waals surface area (Å²) in [5, 5.41) is 10.9. The van der Waals surface area contributed by atoms with Gasteiger partial charge in [0.25, 0.3) is 0 Å². The molecule has 1 aromatic carbocycles. The molecular weight excluding hydrogens is 346 g/mol. The van der Waals surface area contributed by atoms with Gasteiger partial charge >= 0.3 is 0 Å². The Labute approximate surface area is 160 Å². The van der Waals surface area contributed by atoms with E-state index in [9.17, 15) is 0 Å². The van der Waals surface area contributed by atoms with E-state index in [-0.39, 0.29) is 0 Å². The van der Waals surface area contributed by atoms with Crippen LogP contribution in [-0.4, -0.2) is 32.8 Å². The molecule has 142 valence electrons. The zero-order valence-corrected chi connectivity index (χ0v) is 16.7. The van der Waals surface area contributed by atoms with Gasteiger partial charge in [0.2, 0.25) is 0 Å². The molecule has 0 saturated heterocycles. The van der Waals surface area contributed by atoms with E-state index in [2.05, 4.69) is 51.5 Å². The third-order valence-corrected chi connectivity index (χ3v) is 4.54. The molecule has 0 unspecified atom stereocenters. The predicted octanol–water partition coefficient (Wildman–Crippen LogP) is 3.84. The van der Waals surface area contributed by atoms with Crippen LogP contribution in [0.2, 0.25) is 0 Å². The van der Waals surface area contributed by atoms with Crippen LogP contribution in [0.3, 0.4) is 0 Å². The number of guanidine groups is 1. The van der Waals surface area contributed by atoms with Gasteiger partial charge in [-0.3, -0.25) is 0 Å². The van der Waals surface area contributed by atoms with E-state index in [1.165, 1.54) is 11.1 Å². The van der Waals surface area contributed by atoms with Gasteiger partial charge in [-0.25, -0.2) is 4.99 Å². The molecule has 0 aliphatic heterocycles. The van der Waals surface area contributed by atoms with Gasteiger partial charge in [-0.1, -0.05) is 6.07 Å². The lowest BCUT2D eigenvalue weighted by atomic mass is 10.1. The molecule has 0 spiro atoms. The van der Waals surface area contributed by atoms with Crippen molar-refractivity contribution < 1.29 is 9.47 Å². The van der Waals surface area contributed by atoms with Gasteiger partial charge in [0, 0.05) is 13.1 Å². The highest BCUT2D eigenvalue weighted by atomic mass is 32.1. The van der Waals surface area contributed by atoms with E-state index in [1.54, 1.807) is 18.4 Å². The number of methoxy groups -OCH3 is 1. The Morgan fingerprint density at radius 2 is 2.00 bits per heavy atom. The number of hydrogen-bond acceptors (Lipinski definition) is 4. The Morgan fingerprint density at radius 1 is 1.12 bits per heavy atom. The molecule has 0 bridgehead atoms. The van der Waals surface area contributed by atoms with Crippen LogP contribution in [0.4, 0.5) is 0 Å². The number of thiophene rings is 1. The van der Waals surface area contributed by atoms with Crippen molar-refractivity contribution >= 4 is 17.3 Å². The number of ether oxygens (including phenoxy) is 2. The fourth-order valence-corrected chi connectivity index (χ4v) is 3.20. The summed E-state index contributed by atoms with van der Waals surface area (Å²) in [7, 11) is 1.67. The number of hydrogen-bond donors (Lipinski definition) is 2. The summed E-state index contributed by atoms with van der Waals surface area (Å²) in [4.78, 5) is 4.63. The average molecular weight is 376 g/mol. The van der Waals surface area contributed by atoms with E-state index in [1.807, 2.05) is 13.0 Å². The van der Waals surface area contributed by atoms with Gasteiger partial charge in [-0.15, -0.1) is 0 Å². The molecular formula is C20H29N3O2S. The topological polar surface area (TPSA) is 54.9 Å². The second-order valence-corrected chi connectivity index (χ2v) is 6.56. The highest BCUT2D eigenvalue weighted by Crippen LogP contribution is 2.28. The van der Waals surface area contributed by atoms with Gasteiger partial charge in [0.1, 0.15) is 0 Å². The zero-order valence-electron chi connectivity index (χ0n) is 15.9. The Kier molecular flexibility index (Phi) is 8.83. The molecule has 1 heterocycles. The Morgan fingerprint density at radius 3 is 2.69 bits per heavy atom. The Balaban J connectivity index is 1.82. The average Bonchev–Trinajstić information content (AvgIpc) is 3.17. The lowest BCUT2D eigenvalue weighted by Gasteiger charge is -2.12. The third kappa shape index (κ3) is 6.59. The Hall–Kier alpha value is -2.21. The summed E-state index contributed by atoms with van der Waals surface area (Å²) in [6, 6.07) is 8.24. The Bertz CT molecular complexity index is 672. The summed E-state index contributed by atoms with van der Waals surface area (Å²) in [5.41, 5.74) is 2.49. The maximum absolute atomic E-state index is 5.64. The van der Waals surface area contributed by atoms with E-state index < -0.39 is 0 Å². The van der Waals surface area contributed by atoms with Crippen LogP contribution >= 0.6 is 11.3 Å². The lowest BCUT2D eigenvalue weighted by molar-refractivity contribution is 0.310. The molecule has 0 saturated carbocycles. The first-order valence-corrected chi connectivity index (χ1v) is 10.0. The van der Waals surface area contributed by atoms with Crippen molar-refractivity contribution in [3.8, 4) is 11.5 Å². The van der Waals surface area contributed by atoms with E-state index >= 15 is 0 Å². The molecule has 1 aromatic heterocycles. The molecule has 5 nitrogen and oxygen atoms in total. The minimum atomic E-state index is 0.633. The minimum absolute atomic E-state index is 0.633. The van der Waals surface area contributed by atoms with Gasteiger partial charge in [0.15, 0.2) is 17.5 Å². The molecule has 0 aliphatic carbocycles. The minimum Gasteiger partial charge on any atom is -0.493 e. The van der Waals surface area contributed by atoms with Crippen molar-refractivity contribution in [2.24, 2.45) is 4.99 Å².